The fourth-order valence-corrected chi connectivity index (χ4v) is 3.47. The maximum atomic E-state index is 12.4. The van der Waals surface area contributed by atoms with Gasteiger partial charge in [-0.25, -0.2) is 0 Å². The summed E-state index contributed by atoms with van der Waals surface area (Å²) in [6.07, 6.45) is 5.75. The zero-order valence-corrected chi connectivity index (χ0v) is 15.7. The third-order valence-electron chi connectivity index (χ3n) is 4.86. The maximum Gasteiger partial charge on any atom is 0.346 e. The molecule has 1 fully saturated rings. The molecule has 0 aliphatic carbocycles. The molecule has 0 atom stereocenters. The zero-order valence-electron chi connectivity index (χ0n) is 15.7. The van der Waals surface area contributed by atoms with E-state index < -0.39 is 0 Å². The highest BCUT2D eigenvalue weighted by Gasteiger charge is 2.29. The first-order valence-corrected chi connectivity index (χ1v) is 9.30. The van der Waals surface area contributed by atoms with Crippen LogP contribution in [0.15, 0.2) is 48.7 Å². The largest absolute Gasteiger partial charge is 0.346 e. The van der Waals surface area contributed by atoms with Crippen molar-refractivity contribution in [2.24, 2.45) is 0 Å². The van der Waals surface area contributed by atoms with Gasteiger partial charge >= 0.3 is 5.82 Å². The van der Waals surface area contributed by atoms with Gasteiger partial charge < -0.3 is 0 Å². The number of nitrogens with zero attached hydrogens (tertiary/aromatic N) is 5. The van der Waals surface area contributed by atoms with Crippen LogP contribution >= 0.6 is 0 Å². The molecule has 2 aromatic heterocycles. The summed E-state index contributed by atoms with van der Waals surface area (Å²) in [6.45, 7) is 2.62. The molecule has 138 valence electrons. The van der Waals surface area contributed by atoms with Gasteiger partial charge in [-0.2, -0.15) is 10.3 Å². The van der Waals surface area contributed by atoms with Crippen molar-refractivity contribution in [3.63, 3.8) is 0 Å². The van der Waals surface area contributed by atoms with Gasteiger partial charge in [0, 0.05) is 37.4 Å². The van der Waals surface area contributed by atoms with Gasteiger partial charge in [0.05, 0.1) is 23.7 Å². The number of pyridine rings is 2. The fourth-order valence-electron chi connectivity index (χ4n) is 3.47. The Balaban J connectivity index is 1.77. The van der Waals surface area contributed by atoms with Crippen LogP contribution in [0.4, 0.5) is 5.82 Å². The Kier molecular flexibility index (Phi) is 4.81. The smallest absolute Gasteiger partial charge is 0.271 e. The van der Waals surface area contributed by atoms with E-state index in [-0.39, 0.29) is 5.91 Å². The van der Waals surface area contributed by atoms with Crippen molar-refractivity contribution in [2.75, 3.05) is 6.54 Å². The van der Waals surface area contributed by atoms with E-state index in [1.807, 2.05) is 54.2 Å². The Morgan fingerprint density at radius 2 is 2.18 bits per heavy atom. The number of hydrazine groups is 1. The van der Waals surface area contributed by atoms with Gasteiger partial charge in [0.25, 0.3) is 5.91 Å². The van der Waals surface area contributed by atoms with Crippen LogP contribution in [0.5, 0.6) is 0 Å². The fraction of sp³-hybridized carbons (Fsp3) is 0.227. The molecule has 0 spiro atoms. The van der Waals surface area contributed by atoms with Gasteiger partial charge in [-0.1, -0.05) is 0 Å². The number of carbonyl (C=O) groups is 1. The first-order valence-electron chi connectivity index (χ1n) is 9.30. The molecule has 0 bridgehead atoms. The Morgan fingerprint density at radius 3 is 2.93 bits per heavy atom. The van der Waals surface area contributed by atoms with Crippen molar-refractivity contribution in [1.82, 2.24) is 15.0 Å². The number of hydrogen-bond acceptors (Lipinski definition) is 4. The van der Waals surface area contributed by atoms with E-state index in [2.05, 4.69) is 16.0 Å². The summed E-state index contributed by atoms with van der Waals surface area (Å²) in [5.41, 5.74) is 3.40. The highest BCUT2D eigenvalue weighted by molar-refractivity contribution is 5.85. The van der Waals surface area contributed by atoms with Crippen LogP contribution in [0, 0.1) is 18.3 Å². The van der Waals surface area contributed by atoms with Gasteiger partial charge in [-0.15, -0.1) is 4.68 Å². The summed E-state index contributed by atoms with van der Waals surface area (Å²) in [6, 6.07) is 15.4. The molecule has 4 rings (SSSR count). The summed E-state index contributed by atoms with van der Waals surface area (Å²) < 4.78 is 1.86. The molecule has 1 aliphatic rings. The lowest BCUT2D eigenvalue weighted by Crippen LogP contribution is -2.34. The second-order valence-electron chi connectivity index (χ2n) is 6.80. The third kappa shape index (κ3) is 3.47. The number of aromatic nitrogens is 2. The van der Waals surface area contributed by atoms with Crippen LogP contribution < -0.4 is 0 Å². The number of rotatable bonds is 4. The van der Waals surface area contributed by atoms with Gasteiger partial charge in [0.2, 0.25) is 0 Å². The number of benzene rings is 1. The summed E-state index contributed by atoms with van der Waals surface area (Å²) in [7, 11) is 0. The van der Waals surface area contributed by atoms with Crippen LogP contribution in [0.3, 0.4) is 0 Å². The predicted molar refractivity (Wildman–Crippen MR) is 106 cm³/mol. The first-order chi connectivity index (χ1) is 13.7. The van der Waals surface area contributed by atoms with Crippen molar-refractivity contribution in [2.45, 2.75) is 26.2 Å². The topological polar surface area (TPSA) is 72.9 Å². The molecular formula is C22H20N5O+. The molecule has 3 heterocycles. The van der Waals surface area contributed by atoms with Crippen molar-refractivity contribution in [3.8, 4) is 6.07 Å². The standard InChI is InChI=1S/C22H20N5O/c1-16-4-2-5-21(25-16)26(27-12-3-6-22(27)28)13-10-18-9-11-24-20-8-7-17(15-23)14-19(18)20/h2,4-5,7-9,11,13-14H,3,6,10,12H2,1H3/q+1. The van der Waals surface area contributed by atoms with Crippen LogP contribution in [0.25, 0.3) is 10.9 Å². The van der Waals surface area contributed by atoms with E-state index in [0.717, 1.165) is 34.4 Å². The Morgan fingerprint density at radius 1 is 1.29 bits per heavy atom. The Hall–Kier alpha value is -3.59. The molecule has 0 unspecified atom stereocenters. The summed E-state index contributed by atoms with van der Waals surface area (Å²) in [5.74, 6) is 0.831. The van der Waals surface area contributed by atoms with E-state index in [9.17, 15) is 10.1 Å². The number of hydrogen-bond donors (Lipinski definition) is 0. The second kappa shape index (κ2) is 7.57. The Bertz CT molecular complexity index is 1130. The minimum Gasteiger partial charge on any atom is -0.271 e. The third-order valence-corrected chi connectivity index (χ3v) is 4.86. The molecule has 1 saturated heterocycles. The molecule has 1 aromatic carbocycles. The number of amides is 1. The van der Waals surface area contributed by atoms with E-state index in [1.54, 1.807) is 17.3 Å². The van der Waals surface area contributed by atoms with Gasteiger partial charge in [-0.3, -0.25) is 9.78 Å². The average molecular weight is 370 g/mol. The SMILES string of the molecule is Cc1cccc([N+](=CCc2ccnc3ccc(C#N)cc23)N2CCCC2=O)n1. The second-order valence-corrected chi connectivity index (χ2v) is 6.80. The normalized spacial score (nSPS) is 14.5. The molecule has 0 N–H and O–H groups in total. The highest BCUT2D eigenvalue weighted by Crippen LogP contribution is 2.20. The minimum atomic E-state index is 0.103. The van der Waals surface area contributed by atoms with Crippen LogP contribution in [0.2, 0.25) is 0 Å². The minimum absolute atomic E-state index is 0.103. The number of fused-ring (bicyclic) bond motifs is 1. The van der Waals surface area contributed by atoms with Crippen molar-refractivity contribution in [3.05, 3.63) is 65.5 Å². The van der Waals surface area contributed by atoms with E-state index >= 15 is 0 Å². The lowest BCUT2D eigenvalue weighted by molar-refractivity contribution is -0.598. The number of hydrazone groups is 1. The van der Waals surface area contributed by atoms with Gasteiger partial charge in [0.15, 0.2) is 0 Å². The molecule has 0 saturated carbocycles. The van der Waals surface area contributed by atoms with Crippen molar-refractivity contribution >= 4 is 28.8 Å². The molecular weight excluding hydrogens is 350 g/mol. The number of aryl methyl sites for hydroxylation is 1. The monoisotopic (exact) mass is 370 g/mol. The van der Waals surface area contributed by atoms with Crippen LogP contribution in [-0.2, 0) is 11.2 Å². The molecule has 1 amide bonds. The Labute approximate surface area is 163 Å². The lowest BCUT2D eigenvalue weighted by atomic mass is 10.0. The average Bonchev–Trinajstić information content (AvgIpc) is 3.13. The first kappa shape index (κ1) is 17.8. The van der Waals surface area contributed by atoms with Crippen molar-refractivity contribution in [1.29, 1.82) is 5.26 Å². The summed E-state index contributed by atoms with van der Waals surface area (Å²) >= 11 is 0. The van der Waals surface area contributed by atoms with Gasteiger partial charge in [-0.05, 0) is 53.4 Å². The summed E-state index contributed by atoms with van der Waals surface area (Å²) in [5, 5.41) is 11.9. The van der Waals surface area contributed by atoms with Crippen LogP contribution in [-0.4, -0.2) is 38.3 Å². The molecule has 6 heteroatoms. The predicted octanol–water partition coefficient (Wildman–Crippen LogP) is 3.30. The summed E-state index contributed by atoms with van der Waals surface area (Å²) in [4.78, 5) is 21.4. The van der Waals surface area contributed by atoms with E-state index in [4.69, 9.17) is 0 Å². The van der Waals surface area contributed by atoms with Gasteiger partial charge in [0.1, 0.15) is 11.9 Å². The molecule has 1 aliphatic heterocycles. The van der Waals surface area contributed by atoms with E-state index in [1.165, 1.54) is 0 Å². The number of carbonyl (C=O) groups excluding carboxylic acids is 1. The van der Waals surface area contributed by atoms with E-state index in [0.29, 0.717) is 24.9 Å². The molecule has 3 aromatic rings. The molecule has 0 radical (unpaired) electrons. The zero-order chi connectivity index (χ0) is 19.5. The highest BCUT2D eigenvalue weighted by atomic mass is 16.2. The lowest BCUT2D eigenvalue weighted by Gasteiger charge is -2.15. The van der Waals surface area contributed by atoms with Crippen LogP contribution in [0.1, 0.15) is 29.7 Å². The van der Waals surface area contributed by atoms with Crippen molar-refractivity contribution < 1.29 is 9.48 Å². The molecule has 6 nitrogen and oxygen atoms in total. The number of nitriles is 1. The quantitative estimate of drug-likeness (QED) is 0.522. The maximum absolute atomic E-state index is 12.4. The molecule has 28 heavy (non-hydrogen) atoms.